The number of hydrogen-bond acceptors (Lipinski definition) is 6. The normalized spacial score (nSPS) is 18.1. The number of nitrogens with one attached hydrogen (secondary N) is 1. The molecule has 0 aromatic carbocycles. The van der Waals surface area contributed by atoms with Gasteiger partial charge in [0.25, 0.3) is 5.91 Å². The number of nitrogens with zero attached hydrogens (tertiary/aromatic N) is 4. The summed E-state index contributed by atoms with van der Waals surface area (Å²) in [5, 5.41) is 3.99. The summed E-state index contributed by atoms with van der Waals surface area (Å²) in [6, 6.07) is 1.64. The van der Waals surface area contributed by atoms with Crippen molar-refractivity contribution in [3.8, 4) is 0 Å². The molecule has 0 saturated carbocycles. The zero-order valence-electron chi connectivity index (χ0n) is 11.6. The van der Waals surface area contributed by atoms with Crippen LogP contribution >= 0.6 is 11.5 Å². The van der Waals surface area contributed by atoms with Gasteiger partial charge in [-0.3, -0.25) is 4.79 Å². The van der Waals surface area contributed by atoms with Crippen LogP contribution in [0.5, 0.6) is 0 Å². The molecule has 8 heteroatoms. The van der Waals surface area contributed by atoms with Crippen molar-refractivity contribution >= 4 is 17.4 Å². The summed E-state index contributed by atoms with van der Waals surface area (Å²) in [6.45, 7) is 2.63. The quantitative estimate of drug-likeness (QED) is 0.918. The lowest BCUT2D eigenvalue weighted by atomic mass is 10.1. The van der Waals surface area contributed by atoms with Gasteiger partial charge >= 0.3 is 5.69 Å². The maximum atomic E-state index is 12.7. The van der Waals surface area contributed by atoms with Gasteiger partial charge in [-0.25, -0.2) is 9.78 Å². The van der Waals surface area contributed by atoms with E-state index in [0.717, 1.165) is 35.8 Å². The fraction of sp³-hybridized carbons (Fsp3) is 0.462. The van der Waals surface area contributed by atoms with Crippen LogP contribution in [0.2, 0.25) is 0 Å². The van der Waals surface area contributed by atoms with Crippen LogP contribution in [-0.4, -0.2) is 36.9 Å². The van der Waals surface area contributed by atoms with Gasteiger partial charge < -0.3 is 9.88 Å². The minimum absolute atomic E-state index is 0.0537. The third-order valence-corrected chi connectivity index (χ3v) is 4.41. The molecule has 3 heterocycles. The van der Waals surface area contributed by atoms with E-state index in [1.807, 2.05) is 6.92 Å². The van der Waals surface area contributed by atoms with Crippen molar-refractivity contribution in [1.82, 2.24) is 24.5 Å². The van der Waals surface area contributed by atoms with E-state index in [2.05, 4.69) is 19.6 Å². The van der Waals surface area contributed by atoms with Gasteiger partial charge in [-0.2, -0.15) is 0 Å². The largest absolute Gasteiger partial charge is 0.345 e. The second-order valence-corrected chi connectivity index (χ2v) is 5.64. The molecule has 1 N–H and O–H groups in total. The molecule has 2 aromatic heterocycles. The number of rotatable bonds is 3. The zero-order chi connectivity index (χ0) is 14.8. The molecule has 1 fully saturated rings. The molecule has 0 spiro atoms. The predicted molar refractivity (Wildman–Crippen MR) is 77.2 cm³/mol. The molecule has 1 saturated heterocycles. The van der Waals surface area contributed by atoms with Gasteiger partial charge in [-0.15, -0.1) is 5.10 Å². The Morgan fingerprint density at radius 2 is 2.43 bits per heavy atom. The molecular weight excluding hydrogens is 290 g/mol. The summed E-state index contributed by atoms with van der Waals surface area (Å²) in [4.78, 5) is 32.8. The van der Waals surface area contributed by atoms with Gasteiger partial charge in [0.15, 0.2) is 0 Å². The smallest absolute Gasteiger partial charge is 0.329 e. The molecule has 1 atom stereocenters. The molecule has 0 aliphatic carbocycles. The summed E-state index contributed by atoms with van der Waals surface area (Å²) in [5.74, 6) is -0.0537. The van der Waals surface area contributed by atoms with Crippen LogP contribution in [0.3, 0.4) is 0 Å². The van der Waals surface area contributed by atoms with Crippen LogP contribution in [-0.2, 0) is 6.42 Å². The average molecular weight is 305 g/mol. The Morgan fingerprint density at radius 1 is 1.57 bits per heavy atom. The number of carbonyl (C=O) groups is 1. The predicted octanol–water partition coefficient (Wildman–Crippen LogP) is 1.16. The molecule has 1 aliphatic rings. The Kier molecular flexibility index (Phi) is 3.78. The molecule has 7 nitrogen and oxygen atoms in total. The first-order valence-electron chi connectivity index (χ1n) is 6.88. The standard InChI is InChI=1S/C13H15N5O2S/c1-2-8-11(21-17-16-8)12(19)18-7-3-4-10(18)9-5-6-14-13(20)15-9/h5-6,10H,2-4,7H2,1H3,(H,14,15,20)/t10-/m1/s1. The third kappa shape index (κ3) is 2.58. The monoisotopic (exact) mass is 305 g/mol. The van der Waals surface area contributed by atoms with Crippen molar-refractivity contribution in [3.63, 3.8) is 0 Å². The van der Waals surface area contributed by atoms with Crippen LogP contribution in [0.15, 0.2) is 17.1 Å². The zero-order valence-corrected chi connectivity index (χ0v) is 12.4. The van der Waals surface area contributed by atoms with E-state index in [1.165, 1.54) is 6.20 Å². The highest BCUT2D eigenvalue weighted by atomic mass is 32.1. The van der Waals surface area contributed by atoms with Crippen molar-refractivity contribution in [2.45, 2.75) is 32.2 Å². The number of hydrogen-bond donors (Lipinski definition) is 1. The Morgan fingerprint density at radius 3 is 3.19 bits per heavy atom. The molecule has 0 radical (unpaired) electrons. The second-order valence-electron chi connectivity index (χ2n) is 4.89. The lowest BCUT2D eigenvalue weighted by Crippen LogP contribution is -2.32. The number of carbonyl (C=O) groups excluding carboxylic acids is 1. The first kappa shape index (κ1) is 13.9. The topological polar surface area (TPSA) is 91.8 Å². The lowest BCUT2D eigenvalue weighted by Gasteiger charge is -2.24. The van der Waals surface area contributed by atoms with E-state index < -0.39 is 0 Å². The highest BCUT2D eigenvalue weighted by Gasteiger charge is 2.33. The highest BCUT2D eigenvalue weighted by Crippen LogP contribution is 2.32. The molecule has 1 amide bonds. The van der Waals surface area contributed by atoms with E-state index in [0.29, 0.717) is 17.8 Å². The summed E-state index contributed by atoms with van der Waals surface area (Å²) >= 11 is 1.13. The Labute approximate surface area is 125 Å². The number of aryl methyl sites for hydroxylation is 1. The van der Waals surface area contributed by atoms with Crippen LogP contribution < -0.4 is 5.69 Å². The summed E-state index contributed by atoms with van der Waals surface area (Å²) in [6.07, 6.45) is 3.90. The number of likely N-dealkylation sites (tertiary alicyclic amines) is 1. The Bertz CT molecular complexity index is 710. The van der Waals surface area contributed by atoms with Gasteiger partial charge in [0, 0.05) is 18.4 Å². The molecule has 0 bridgehead atoms. The highest BCUT2D eigenvalue weighted by molar-refractivity contribution is 7.08. The first-order chi connectivity index (χ1) is 10.2. The van der Waals surface area contributed by atoms with Crippen LogP contribution in [0.25, 0.3) is 0 Å². The van der Waals surface area contributed by atoms with Gasteiger partial charge in [0.1, 0.15) is 4.88 Å². The summed E-state index contributed by atoms with van der Waals surface area (Å²) < 4.78 is 3.87. The van der Waals surface area contributed by atoms with E-state index >= 15 is 0 Å². The van der Waals surface area contributed by atoms with Crippen LogP contribution in [0.4, 0.5) is 0 Å². The van der Waals surface area contributed by atoms with E-state index in [-0.39, 0.29) is 17.6 Å². The maximum Gasteiger partial charge on any atom is 0.345 e. The van der Waals surface area contributed by atoms with Crippen molar-refractivity contribution in [2.24, 2.45) is 0 Å². The van der Waals surface area contributed by atoms with Crippen molar-refractivity contribution in [3.05, 3.63) is 39.0 Å². The molecule has 2 aromatic rings. The minimum atomic E-state index is -0.388. The number of H-pyrrole nitrogens is 1. The maximum absolute atomic E-state index is 12.7. The van der Waals surface area contributed by atoms with E-state index in [4.69, 9.17) is 0 Å². The van der Waals surface area contributed by atoms with Crippen LogP contribution in [0.1, 0.15) is 46.9 Å². The minimum Gasteiger partial charge on any atom is -0.329 e. The average Bonchev–Trinajstić information content (AvgIpc) is 3.15. The fourth-order valence-corrected chi connectivity index (χ4v) is 3.35. The molecule has 3 rings (SSSR count). The number of aromatic amines is 1. The summed E-state index contributed by atoms with van der Waals surface area (Å²) in [7, 11) is 0. The Hall–Kier alpha value is -2.09. The van der Waals surface area contributed by atoms with Gasteiger partial charge in [-0.05, 0) is 36.9 Å². The van der Waals surface area contributed by atoms with Crippen molar-refractivity contribution in [1.29, 1.82) is 0 Å². The molecule has 110 valence electrons. The molecular formula is C13H15N5O2S. The third-order valence-electron chi connectivity index (χ3n) is 3.65. The molecule has 21 heavy (non-hydrogen) atoms. The molecule has 1 aliphatic heterocycles. The number of amides is 1. The van der Waals surface area contributed by atoms with Gasteiger partial charge in [0.05, 0.1) is 11.7 Å². The Balaban J connectivity index is 1.91. The van der Waals surface area contributed by atoms with Crippen LogP contribution in [0, 0.1) is 0 Å². The first-order valence-corrected chi connectivity index (χ1v) is 7.65. The SMILES string of the molecule is CCc1nnsc1C(=O)N1CCC[C@@H]1c1ccnc(=O)[nH]1. The lowest BCUT2D eigenvalue weighted by molar-refractivity contribution is 0.0736. The second kappa shape index (κ2) is 5.72. The van der Waals surface area contributed by atoms with Crippen molar-refractivity contribution in [2.75, 3.05) is 6.54 Å². The van der Waals surface area contributed by atoms with E-state index in [1.54, 1.807) is 11.0 Å². The van der Waals surface area contributed by atoms with Crippen molar-refractivity contribution < 1.29 is 4.79 Å². The fourth-order valence-electron chi connectivity index (χ4n) is 2.64. The van der Waals surface area contributed by atoms with Gasteiger partial charge in [-0.1, -0.05) is 11.4 Å². The summed E-state index contributed by atoms with van der Waals surface area (Å²) in [5.41, 5.74) is 1.08. The van der Waals surface area contributed by atoms with E-state index in [9.17, 15) is 9.59 Å². The number of aromatic nitrogens is 4. The molecule has 0 unspecified atom stereocenters. The van der Waals surface area contributed by atoms with Gasteiger partial charge in [0.2, 0.25) is 0 Å².